The summed E-state index contributed by atoms with van der Waals surface area (Å²) in [6, 6.07) is 29.8. The van der Waals surface area contributed by atoms with Gasteiger partial charge in [-0.2, -0.15) is 43.3 Å². The van der Waals surface area contributed by atoms with Gasteiger partial charge >= 0.3 is 20.1 Å². The summed E-state index contributed by atoms with van der Waals surface area (Å²) in [6.07, 6.45) is 11.2. The summed E-state index contributed by atoms with van der Waals surface area (Å²) in [5, 5.41) is 20.5. The van der Waals surface area contributed by atoms with Crippen molar-refractivity contribution in [2.45, 2.75) is 41.5 Å². The molecular formula is C50H53IrN6O. The number of aromatic nitrogens is 2. The second-order valence-electron chi connectivity index (χ2n) is 13.3. The van der Waals surface area contributed by atoms with E-state index in [-0.39, 0.29) is 20.1 Å². The summed E-state index contributed by atoms with van der Waals surface area (Å²) in [7, 11) is 0. The molecule has 0 saturated heterocycles. The molecule has 0 unspecified atom stereocenters. The Balaban J connectivity index is 0.000000340. The van der Waals surface area contributed by atoms with Crippen LogP contribution in [0.15, 0.2) is 185 Å². The number of nitrogens with zero attached hydrogens (tertiary/aromatic N) is 4. The molecule has 4 N–H and O–H groups in total. The van der Waals surface area contributed by atoms with Crippen molar-refractivity contribution in [1.82, 2.24) is 10.2 Å². The van der Waals surface area contributed by atoms with Gasteiger partial charge in [0.15, 0.2) is 0 Å². The second kappa shape index (κ2) is 23.6. The fourth-order valence-electron chi connectivity index (χ4n) is 5.92. The molecule has 1 aromatic heterocycles. The smallest absolute Gasteiger partial charge is 0.437 e. The zero-order chi connectivity index (χ0) is 42.1. The van der Waals surface area contributed by atoms with Crippen molar-refractivity contribution >= 4 is 33.0 Å². The van der Waals surface area contributed by atoms with Crippen LogP contribution in [-0.4, -0.2) is 21.6 Å². The predicted octanol–water partition coefficient (Wildman–Crippen LogP) is 12.2. The summed E-state index contributed by atoms with van der Waals surface area (Å²) in [4.78, 5) is 0. The maximum Gasteiger partial charge on any atom is 3.00 e. The topological polar surface area (TPSA) is 112 Å². The quantitative estimate of drug-likeness (QED) is 0.0342. The van der Waals surface area contributed by atoms with Crippen molar-refractivity contribution < 1.29 is 24.8 Å². The SMILES string of the molecule is C=C/C=C(C)/C=C(C)/C(=N\N)C(=C)[CH2-].C=C/C=C(C)/C=C(C)/C(=N\N)C(=C)[CH2-].Cc1cccc(C)c1Oc1nnc(-c2[c-]cccc2)c2cc3ccccc3cc12.[Ir+3]. The number of ether oxygens (including phenoxy) is 1. The number of fused-ring (bicyclic) bond motifs is 2. The number of para-hydroxylation sites is 1. The van der Waals surface area contributed by atoms with Crippen molar-refractivity contribution in [3.63, 3.8) is 0 Å². The van der Waals surface area contributed by atoms with Gasteiger partial charge in [-0.05, 0) is 86.3 Å². The van der Waals surface area contributed by atoms with E-state index in [1.807, 2.05) is 120 Å². The molecule has 5 aromatic rings. The minimum absolute atomic E-state index is 0. The van der Waals surface area contributed by atoms with Gasteiger partial charge in [0.1, 0.15) is 5.75 Å². The fraction of sp³-hybridized carbons (Fsp3) is 0.120. The Morgan fingerprint density at radius 3 is 1.62 bits per heavy atom. The third-order valence-corrected chi connectivity index (χ3v) is 8.51. The monoisotopic (exact) mass is 946 g/mol. The Labute approximate surface area is 358 Å². The van der Waals surface area contributed by atoms with Gasteiger partial charge in [-0.25, -0.2) is 10.2 Å². The Hall–Kier alpha value is -6.47. The molecule has 0 aliphatic rings. The molecule has 1 heterocycles. The number of aryl methyl sites for hydroxylation is 2. The number of hydrazone groups is 2. The number of hydrogen-bond donors (Lipinski definition) is 2. The first-order valence-electron chi connectivity index (χ1n) is 18.2. The van der Waals surface area contributed by atoms with Crippen LogP contribution in [0.3, 0.4) is 0 Å². The number of rotatable bonds is 11. The third kappa shape index (κ3) is 13.3. The molecule has 0 amide bonds. The maximum atomic E-state index is 6.31. The van der Waals surface area contributed by atoms with E-state index in [9.17, 15) is 0 Å². The first-order chi connectivity index (χ1) is 27.3. The molecule has 0 atom stereocenters. The normalized spacial score (nSPS) is 12.3. The van der Waals surface area contributed by atoms with Crippen molar-refractivity contribution in [1.29, 1.82) is 0 Å². The van der Waals surface area contributed by atoms with Crippen molar-refractivity contribution in [2.75, 3.05) is 0 Å². The molecule has 7 nitrogen and oxygen atoms in total. The molecular weight excluding hydrogens is 893 g/mol. The molecule has 0 aliphatic heterocycles. The first-order valence-corrected chi connectivity index (χ1v) is 18.2. The van der Waals surface area contributed by atoms with Crippen LogP contribution in [0, 0.1) is 33.8 Å². The molecule has 0 saturated carbocycles. The molecule has 5 rings (SSSR count). The summed E-state index contributed by atoms with van der Waals surface area (Å²) in [5.41, 5.74) is 10.4. The third-order valence-electron chi connectivity index (χ3n) is 8.51. The Bertz CT molecular complexity index is 2360. The number of benzene rings is 4. The van der Waals surface area contributed by atoms with E-state index in [2.05, 4.69) is 90.9 Å². The summed E-state index contributed by atoms with van der Waals surface area (Å²) in [6.45, 7) is 33.9. The van der Waals surface area contributed by atoms with Gasteiger partial charge in [-0.15, -0.1) is 41.0 Å². The van der Waals surface area contributed by atoms with Crippen LogP contribution in [0.1, 0.15) is 38.8 Å². The zero-order valence-electron chi connectivity index (χ0n) is 34.4. The average Bonchev–Trinajstić information content (AvgIpc) is 3.17. The van der Waals surface area contributed by atoms with Gasteiger partial charge in [-0.3, -0.25) is 0 Å². The van der Waals surface area contributed by atoms with Crippen LogP contribution in [0.5, 0.6) is 11.6 Å². The number of allylic oxidation sites excluding steroid dienone is 12. The van der Waals surface area contributed by atoms with Crippen LogP contribution in [0.4, 0.5) is 0 Å². The Morgan fingerprint density at radius 2 is 1.19 bits per heavy atom. The minimum atomic E-state index is 0. The van der Waals surface area contributed by atoms with Gasteiger partial charge < -0.3 is 16.4 Å². The molecule has 0 spiro atoms. The molecule has 0 bridgehead atoms. The average molecular weight is 946 g/mol. The fourth-order valence-corrected chi connectivity index (χ4v) is 5.92. The maximum absolute atomic E-state index is 6.31. The summed E-state index contributed by atoms with van der Waals surface area (Å²) in [5.74, 6) is 11.8. The molecule has 8 heteroatoms. The van der Waals surface area contributed by atoms with Crippen LogP contribution in [-0.2, 0) is 20.1 Å². The van der Waals surface area contributed by atoms with Gasteiger partial charge in [0.25, 0.3) is 0 Å². The largest absolute Gasteiger partial charge is 3.00 e. The molecule has 0 fully saturated rings. The van der Waals surface area contributed by atoms with Crippen LogP contribution in [0.2, 0.25) is 0 Å². The van der Waals surface area contributed by atoms with Gasteiger partial charge in [0, 0.05) is 11.1 Å². The van der Waals surface area contributed by atoms with Gasteiger partial charge in [0.05, 0.1) is 0 Å². The van der Waals surface area contributed by atoms with E-state index in [0.29, 0.717) is 28.4 Å². The van der Waals surface area contributed by atoms with E-state index in [0.717, 1.165) is 72.0 Å². The van der Waals surface area contributed by atoms with E-state index in [1.165, 1.54) is 0 Å². The van der Waals surface area contributed by atoms with Gasteiger partial charge in [-0.1, -0.05) is 120 Å². The number of nitrogens with two attached hydrogens (primary N) is 2. The first kappa shape index (κ1) is 47.7. The standard InChI is InChI=1S/C26H19N2O.2C12H17N2.Ir/c1-17-9-8-10-18(2)25(17)29-26-23-16-21-14-7-6-13-20(21)15-22(23)24(27-28-26)19-11-4-3-5-12-19;2*1-6-7-10(4)8-11(5)12(14-13)9(2)3;/h3-11,13-16H,1-2H3;2*6-8H,1-3,13H2,4-5H3;/q3*-1;+3/b;2*10-7+,11-8+,14-12-;. The van der Waals surface area contributed by atoms with Gasteiger partial charge in [0.2, 0.25) is 5.88 Å². The van der Waals surface area contributed by atoms with E-state index in [4.69, 9.17) is 16.4 Å². The number of hydrogen-bond acceptors (Lipinski definition) is 7. The van der Waals surface area contributed by atoms with E-state index < -0.39 is 0 Å². The van der Waals surface area contributed by atoms with Crippen LogP contribution >= 0.6 is 0 Å². The van der Waals surface area contributed by atoms with Crippen LogP contribution < -0.4 is 16.4 Å². The Morgan fingerprint density at radius 1 is 0.707 bits per heavy atom. The van der Waals surface area contributed by atoms with E-state index in [1.54, 1.807) is 12.2 Å². The van der Waals surface area contributed by atoms with E-state index >= 15 is 0 Å². The van der Waals surface area contributed by atoms with Crippen molar-refractivity contribution in [3.8, 4) is 22.9 Å². The molecule has 4 aromatic carbocycles. The van der Waals surface area contributed by atoms with Crippen molar-refractivity contribution in [2.24, 2.45) is 21.9 Å². The van der Waals surface area contributed by atoms with Crippen LogP contribution in [0.25, 0.3) is 32.8 Å². The summed E-state index contributed by atoms with van der Waals surface area (Å²) >= 11 is 0. The summed E-state index contributed by atoms with van der Waals surface area (Å²) < 4.78 is 6.31. The molecule has 0 aliphatic carbocycles. The molecule has 58 heavy (non-hydrogen) atoms. The zero-order valence-corrected chi connectivity index (χ0v) is 36.8. The Kier molecular flexibility index (Phi) is 19.4. The minimum Gasteiger partial charge on any atom is -0.437 e. The molecule has 298 valence electrons. The molecule has 0 radical (unpaired) electrons. The van der Waals surface area contributed by atoms with Crippen molar-refractivity contribution in [3.05, 3.63) is 206 Å². The second-order valence-corrected chi connectivity index (χ2v) is 13.3. The predicted molar refractivity (Wildman–Crippen MR) is 245 cm³/mol.